The summed E-state index contributed by atoms with van der Waals surface area (Å²) in [6.45, 7) is 7.47. The van der Waals surface area contributed by atoms with Gasteiger partial charge >= 0.3 is 0 Å². The first kappa shape index (κ1) is 10.3. The van der Waals surface area contributed by atoms with Gasteiger partial charge in [-0.25, -0.2) is 0 Å². The first-order valence-electron chi connectivity index (χ1n) is 4.29. The molecule has 1 nitrogen and oxygen atoms in total. The molecule has 64 valence electrons. The minimum absolute atomic E-state index is 1.08. The van der Waals surface area contributed by atoms with Gasteiger partial charge in [-0.15, -0.1) is 0 Å². The Labute approximate surface area is 70.4 Å². The van der Waals surface area contributed by atoms with E-state index in [1.54, 1.807) is 0 Å². The molecule has 0 aromatic rings. The molecule has 0 saturated heterocycles. The molecule has 0 heterocycles. The molecule has 0 spiro atoms. The van der Waals surface area contributed by atoms with Gasteiger partial charge in [-0.3, -0.25) is 0 Å². The lowest BCUT2D eigenvalue weighted by molar-refractivity contribution is 0.428. The minimum atomic E-state index is 1.08. The summed E-state index contributed by atoms with van der Waals surface area (Å²) in [5, 5.41) is 0. The van der Waals surface area contributed by atoms with Crippen molar-refractivity contribution in [3.8, 4) is 0 Å². The molecule has 0 aliphatic rings. The largest absolute Gasteiger partial charge is 0.378 e. The lowest BCUT2D eigenvalue weighted by Crippen LogP contribution is -2.15. The normalized spacial score (nSPS) is 12.5. The summed E-state index contributed by atoms with van der Waals surface area (Å²) in [4.78, 5) is 2.26. The van der Waals surface area contributed by atoms with Gasteiger partial charge in [-0.2, -0.15) is 0 Å². The van der Waals surface area contributed by atoms with Crippen molar-refractivity contribution < 1.29 is 0 Å². The number of rotatable bonds is 4. The molecule has 0 fully saturated rings. The van der Waals surface area contributed by atoms with Gasteiger partial charge in [0.2, 0.25) is 0 Å². The Morgan fingerprint density at radius 1 is 1.36 bits per heavy atom. The average Bonchev–Trinajstić information content (AvgIpc) is 2.05. The standard InChI is InChI=1S/C10H19N/c1-5-8-9-10(6-2)11(4)7-3/h5,8-9H,6-7H2,1-4H3/b8-5-,10-9?. The second kappa shape index (κ2) is 6.02. The molecule has 0 unspecified atom stereocenters. The van der Waals surface area contributed by atoms with Gasteiger partial charge in [0.05, 0.1) is 0 Å². The van der Waals surface area contributed by atoms with Crippen molar-refractivity contribution in [3.63, 3.8) is 0 Å². The van der Waals surface area contributed by atoms with Crippen LogP contribution in [0.4, 0.5) is 0 Å². The molecule has 0 amide bonds. The maximum absolute atomic E-state index is 2.26. The van der Waals surface area contributed by atoms with Crippen LogP contribution < -0.4 is 0 Å². The molecule has 11 heavy (non-hydrogen) atoms. The van der Waals surface area contributed by atoms with Crippen LogP contribution in [0.25, 0.3) is 0 Å². The van der Waals surface area contributed by atoms with E-state index in [-0.39, 0.29) is 0 Å². The van der Waals surface area contributed by atoms with Crippen molar-refractivity contribution in [1.82, 2.24) is 4.90 Å². The van der Waals surface area contributed by atoms with Crippen LogP contribution in [-0.2, 0) is 0 Å². The lowest BCUT2D eigenvalue weighted by atomic mass is 10.3. The molecule has 0 atom stereocenters. The summed E-state index contributed by atoms with van der Waals surface area (Å²) >= 11 is 0. The van der Waals surface area contributed by atoms with Crippen LogP contribution in [-0.4, -0.2) is 18.5 Å². The Balaban J connectivity index is 4.13. The Bertz CT molecular complexity index is 145. The van der Waals surface area contributed by atoms with Gasteiger partial charge in [0.15, 0.2) is 0 Å². The van der Waals surface area contributed by atoms with Gasteiger partial charge in [0.25, 0.3) is 0 Å². The van der Waals surface area contributed by atoms with Gasteiger partial charge < -0.3 is 4.90 Å². The molecule has 0 rings (SSSR count). The van der Waals surface area contributed by atoms with E-state index < -0.39 is 0 Å². The van der Waals surface area contributed by atoms with E-state index in [4.69, 9.17) is 0 Å². The monoisotopic (exact) mass is 153 g/mol. The van der Waals surface area contributed by atoms with Crippen molar-refractivity contribution in [2.45, 2.75) is 27.2 Å². The first-order chi connectivity index (χ1) is 5.26. The highest BCUT2D eigenvalue weighted by molar-refractivity contribution is 5.10. The molecule has 0 aliphatic carbocycles. The molecule has 0 aromatic carbocycles. The SMILES string of the molecule is C/C=C\C=C(CC)N(C)CC. The summed E-state index contributed by atoms with van der Waals surface area (Å²) in [6, 6.07) is 0. The van der Waals surface area contributed by atoms with E-state index in [9.17, 15) is 0 Å². The molecular weight excluding hydrogens is 134 g/mol. The molecule has 0 N–H and O–H groups in total. The van der Waals surface area contributed by atoms with Gasteiger partial charge in [-0.1, -0.05) is 19.1 Å². The van der Waals surface area contributed by atoms with Crippen molar-refractivity contribution in [2.75, 3.05) is 13.6 Å². The average molecular weight is 153 g/mol. The molecule has 0 saturated carbocycles. The van der Waals surface area contributed by atoms with Crippen LogP contribution in [0.1, 0.15) is 27.2 Å². The van der Waals surface area contributed by atoms with Crippen LogP contribution >= 0.6 is 0 Å². The smallest absolute Gasteiger partial charge is 0.0143 e. The van der Waals surface area contributed by atoms with Gasteiger partial charge in [-0.05, 0) is 26.3 Å². The number of hydrogen-bond acceptors (Lipinski definition) is 1. The minimum Gasteiger partial charge on any atom is -0.378 e. The highest BCUT2D eigenvalue weighted by atomic mass is 15.1. The van der Waals surface area contributed by atoms with Crippen LogP contribution in [0.15, 0.2) is 23.9 Å². The Morgan fingerprint density at radius 3 is 2.36 bits per heavy atom. The lowest BCUT2D eigenvalue weighted by Gasteiger charge is -2.18. The fourth-order valence-electron chi connectivity index (χ4n) is 0.925. The third-order valence-corrected chi connectivity index (χ3v) is 1.81. The third-order valence-electron chi connectivity index (χ3n) is 1.81. The molecule has 0 bridgehead atoms. The highest BCUT2D eigenvalue weighted by Crippen LogP contribution is 2.05. The summed E-state index contributed by atoms with van der Waals surface area (Å²) in [7, 11) is 2.12. The number of allylic oxidation sites excluding steroid dienone is 4. The summed E-state index contributed by atoms with van der Waals surface area (Å²) in [6.07, 6.45) is 7.42. The zero-order valence-corrected chi connectivity index (χ0v) is 8.09. The van der Waals surface area contributed by atoms with E-state index >= 15 is 0 Å². The van der Waals surface area contributed by atoms with Gasteiger partial charge in [0, 0.05) is 19.3 Å². The van der Waals surface area contributed by atoms with Gasteiger partial charge in [0.1, 0.15) is 0 Å². The highest BCUT2D eigenvalue weighted by Gasteiger charge is 1.95. The van der Waals surface area contributed by atoms with E-state index in [1.807, 2.05) is 6.92 Å². The summed E-state index contributed by atoms with van der Waals surface area (Å²) < 4.78 is 0. The topological polar surface area (TPSA) is 3.24 Å². The molecular formula is C10H19N. The zero-order valence-electron chi connectivity index (χ0n) is 8.09. The fourth-order valence-corrected chi connectivity index (χ4v) is 0.925. The van der Waals surface area contributed by atoms with Crippen LogP contribution in [0.5, 0.6) is 0 Å². The van der Waals surface area contributed by atoms with Crippen molar-refractivity contribution >= 4 is 0 Å². The predicted molar refractivity (Wildman–Crippen MR) is 51.5 cm³/mol. The van der Waals surface area contributed by atoms with Crippen molar-refractivity contribution in [1.29, 1.82) is 0 Å². The molecule has 0 aromatic heterocycles. The van der Waals surface area contributed by atoms with Crippen LogP contribution in [0.2, 0.25) is 0 Å². The van der Waals surface area contributed by atoms with E-state index in [1.165, 1.54) is 5.70 Å². The fraction of sp³-hybridized carbons (Fsp3) is 0.600. The van der Waals surface area contributed by atoms with E-state index in [0.29, 0.717) is 0 Å². The maximum atomic E-state index is 2.26. The van der Waals surface area contributed by atoms with Crippen molar-refractivity contribution in [2.24, 2.45) is 0 Å². The third kappa shape index (κ3) is 3.87. The quantitative estimate of drug-likeness (QED) is 0.561. The number of nitrogens with zero attached hydrogens (tertiary/aromatic N) is 1. The van der Waals surface area contributed by atoms with Crippen molar-refractivity contribution in [3.05, 3.63) is 23.9 Å². The predicted octanol–water partition coefficient (Wildman–Crippen LogP) is 2.81. The Kier molecular flexibility index (Phi) is 5.63. The van der Waals surface area contributed by atoms with E-state index in [2.05, 4.69) is 44.0 Å². The molecule has 0 radical (unpaired) electrons. The zero-order chi connectivity index (χ0) is 8.69. The summed E-state index contributed by atoms with van der Waals surface area (Å²) in [5.74, 6) is 0. The molecule has 1 heteroatoms. The first-order valence-corrected chi connectivity index (χ1v) is 4.29. The second-order valence-electron chi connectivity index (χ2n) is 2.55. The number of hydrogen-bond donors (Lipinski definition) is 0. The Morgan fingerprint density at radius 2 is 2.00 bits per heavy atom. The van der Waals surface area contributed by atoms with Crippen LogP contribution in [0.3, 0.4) is 0 Å². The summed E-state index contributed by atoms with van der Waals surface area (Å²) in [5.41, 5.74) is 1.39. The molecule has 0 aliphatic heterocycles. The van der Waals surface area contributed by atoms with Crippen LogP contribution in [0, 0.1) is 0 Å². The van der Waals surface area contributed by atoms with E-state index in [0.717, 1.165) is 13.0 Å². The maximum Gasteiger partial charge on any atom is 0.0143 e. The Hall–Kier alpha value is -0.720. The second-order valence-corrected chi connectivity index (χ2v) is 2.55.